The van der Waals surface area contributed by atoms with Gasteiger partial charge in [-0.3, -0.25) is 4.79 Å². The Morgan fingerprint density at radius 3 is 3.05 bits per heavy atom. The van der Waals surface area contributed by atoms with Crippen LogP contribution in [0.5, 0.6) is 0 Å². The zero-order chi connectivity index (χ0) is 14.9. The Labute approximate surface area is 135 Å². The topological polar surface area (TPSA) is 47.4 Å². The summed E-state index contributed by atoms with van der Waals surface area (Å²) in [5.41, 5.74) is 0. The maximum atomic E-state index is 12.7. The summed E-state index contributed by atoms with van der Waals surface area (Å²) in [7, 11) is 0. The largest absolute Gasteiger partial charge is 0.374 e. The third kappa shape index (κ3) is 2.91. The molecular weight excluding hydrogens is 298 g/mol. The molecule has 5 nitrogen and oxygen atoms in total. The lowest BCUT2D eigenvalue weighted by Crippen LogP contribution is -2.55. The number of aromatic nitrogens is 2. The van der Waals surface area contributed by atoms with Gasteiger partial charge in [0.05, 0.1) is 24.5 Å². The Kier molecular flexibility index (Phi) is 4.13. The monoisotopic (exact) mass is 321 g/mol. The van der Waals surface area contributed by atoms with Crippen LogP contribution < -0.4 is 0 Å². The van der Waals surface area contributed by atoms with Gasteiger partial charge in [0.25, 0.3) is 0 Å². The Morgan fingerprint density at radius 2 is 2.18 bits per heavy atom. The molecule has 0 bridgehead atoms. The lowest BCUT2D eigenvalue weighted by atomic mass is 9.90. The molecule has 0 aromatic carbocycles. The number of ether oxygens (including phenoxy) is 1. The van der Waals surface area contributed by atoms with Gasteiger partial charge in [0, 0.05) is 25.0 Å². The summed E-state index contributed by atoms with van der Waals surface area (Å²) in [5, 5.41) is 0.990. The summed E-state index contributed by atoms with van der Waals surface area (Å²) >= 11 is 1.58. The fourth-order valence-electron chi connectivity index (χ4n) is 3.66. The van der Waals surface area contributed by atoms with Crippen LogP contribution in [0.15, 0.2) is 17.6 Å². The second-order valence-corrected chi connectivity index (χ2v) is 7.43. The highest BCUT2D eigenvalue weighted by molar-refractivity contribution is 7.99. The number of carbonyl (C=O) groups excluding carboxylic acids is 1. The number of hydrogen-bond acceptors (Lipinski definition) is 4. The summed E-state index contributed by atoms with van der Waals surface area (Å²) in [5.74, 6) is 0.739. The molecule has 2 saturated carbocycles. The summed E-state index contributed by atoms with van der Waals surface area (Å²) in [6.45, 7) is 1.44. The molecule has 0 N–H and O–H groups in total. The predicted molar refractivity (Wildman–Crippen MR) is 84.9 cm³/mol. The summed E-state index contributed by atoms with van der Waals surface area (Å²) in [6.07, 6.45) is 11.3. The van der Waals surface area contributed by atoms with E-state index in [1.807, 2.05) is 12.4 Å². The molecule has 2 atom stereocenters. The van der Waals surface area contributed by atoms with Crippen LogP contribution in [0, 0.1) is 0 Å². The van der Waals surface area contributed by atoms with Crippen LogP contribution in [0.25, 0.3) is 0 Å². The molecule has 6 heteroatoms. The first-order chi connectivity index (χ1) is 10.8. The summed E-state index contributed by atoms with van der Waals surface area (Å²) < 4.78 is 8.08. The van der Waals surface area contributed by atoms with Crippen LogP contribution in [-0.2, 0) is 9.53 Å². The molecule has 1 saturated heterocycles. The van der Waals surface area contributed by atoms with E-state index < -0.39 is 0 Å². The van der Waals surface area contributed by atoms with Crippen LogP contribution in [0.2, 0.25) is 0 Å². The van der Waals surface area contributed by atoms with E-state index in [0.29, 0.717) is 24.4 Å². The molecule has 0 spiro atoms. The van der Waals surface area contributed by atoms with E-state index in [2.05, 4.69) is 14.5 Å². The number of fused-ring (bicyclic) bond motifs is 1. The van der Waals surface area contributed by atoms with E-state index in [9.17, 15) is 4.79 Å². The quantitative estimate of drug-likeness (QED) is 0.799. The number of rotatable bonds is 4. The van der Waals surface area contributed by atoms with Gasteiger partial charge in [-0.1, -0.05) is 24.6 Å². The Balaban J connectivity index is 1.37. The Bertz CT molecular complexity index is 541. The standard InChI is InChI=1S/C16H23N3O2S/c20-15(11-22-16-17-7-8-18(16)12-5-6-12)19-9-10-21-14-4-2-1-3-13(14)19/h7-8,12-14H,1-6,9-11H2/t13-,14-/m1/s1. The first-order valence-corrected chi connectivity index (χ1v) is 9.38. The molecular formula is C16H23N3O2S. The average molecular weight is 321 g/mol. The Morgan fingerprint density at radius 1 is 1.32 bits per heavy atom. The molecule has 3 fully saturated rings. The molecule has 1 aromatic heterocycles. The zero-order valence-corrected chi connectivity index (χ0v) is 13.6. The van der Waals surface area contributed by atoms with Crippen molar-refractivity contribution < 1.29 is 9.53 Å². The lowest BCUT2D eigenvalue weighted by Gasteiger charge is -2.43. The highest BCUT2D eigenvalue weighted by atomic mass is 32.2. The highest BCUT2D eigenvalue weighted by Crippen LogP contribution is 2.37. The molecule has 2 aliphatic carbocycles. The van der Waals surface area contributed by atoms with E-state index in [1.54, 1.807) is 11.8 Å². The van der Waals surface area contributed by atoms with E-state index >= 15 is 0 Å². The van der Waals surface area contributed by atoms with Crippen molar-refractivity contribution in [3.63, 3.8) is 0 Å². The molecule has 2 heterocycles. The van der Waals surface area contributed by atoms with Crippen LogP contribution in [0.4, 0.5) is 0 Å². The number of hydrogen-bond donors (Lipinski definition) is 0. The molecule has 0 unspecified atom stereocenters. The number of carbonyl (C=O) groups is 1. The molecule has 0 radical (unpaired) electrons. The smallest absolute Gasteiger partial charge is 0.233 e. The van der Waals surface area contributed by atoms with Gasteiger partial charge in [0.15, 0.2) is 5.16 Å². The minimum atomic E-state index is 0.246. The summed E-state index contributed by atoms with van der Waals surface area (Å²) in [4.78, 5) is 19.1. The number of thioether (sulfide) groups is 1. The zero-order valence-electron chi connectivity index (χ0n) is 12.8. The molecule has 1 aliphatic heterocycles. The molecule has 3 aliphatic rings. The van der Waals surface area contributed by atoms with E-state index in [4.69, 9.17) is 4.74 Å². The van der Waals surface area contributed by atoms with Crippen LogP contribution in [-0.4, -0.2) is 51.4 Å². The van der Waals surface area contributed by atoms with Crippen molar-refractivity contribution in [3.8, 4) is 0 Å². The fourth-order valence-corrected chi connectivity index (χ4v) is 4.57. The first-order valence-electron chi connectivity index (χ1n) is 8.39. The van der Waals surface area contributed by atoms with Gasteiger partial charge in [-0.05, 0) is 25.7 Å². The minimum absolute atomic E-state index is 0.246. The molecule has 22 heavy (non-hydrogen) atoms. The number of morpholine rings is 1. The fraction of sp³-hybridized carbons (Fsp3) is 0.750. The van der Waals surface area contributed by atoms with Crippen molar-refractivity contribution in [1.29, 1.82) is 0 Å². The number of amides is 1. The maximum absolute atomic E-state index is 12.7. The van der Waals surface area contributed by atoms with Gasteiger partial charge < -0.3 is 14.2 Å². The van der Waals surface area contributed by atoms with Gasteiger partial charge >= 0.3 is 0 Å². The summed E-state index contributed by atoms with van der Waals surface area (Å²) in [6, 6.07) is 0.921. The average Bonchev–Trinajstić information content (AvgIpc) is 3.30. The van der Waals surface area contributed by atoms with Crippen molar-refractivity contribution in [2.24, 2.45) is 0 Å². The van der Waals surface area contributed by atoms with E-state index in [0.717, 1.165) is 24.5 Å². The van der Waals surface area contributed by atoms with E-state index in [1.165, 1.54) is 25.7 Å². The van der Waals surface area contributed by atoms with Crippen LogP contribution in [0.3, 0.4) is 0 Å². The van der Waals surface area contributed by atoms with Crippen molar-refractivity contribution in [2.45, 2.75) is 61.9 Å². The third-order valence-corrected chi connectivity index (χ3v) is 5.92. The van der Waals surface area contributed by atoms with Crippen molar-refractivity contribution in [1.82, 2.24) is 14.5 Å². The van der Waals surface area contributed by atoms with Crippen molar-refractivity contribution in [3.05, 3.63) is 12.4 Å². The minimum Gasteiger partial charge on any atom is -0.374 e. The van der Waals surface area contributed by atoms with Crippen molar-refractivity contribution >= 4 is 17.7 Å². The van der Waals surface area contributed by atoms with Crippen LogP contribution >= 0.6 is 11.8 Å². The molecule has 1 amide bonds. The maximum Gasteiger partial charge on any atom is 0.233 e. The van der Waals surface area contributed by atoms with Crippen LogP contribution in [0.1, 0.15) is 44.6 Å². The SMILES string of the molecule is O=C(CSc1nccn1C1CC1)N1CCO[C@@H]2CCCC[C@H]21. The lowest BCUT2D eigenvalue weighted by molar-refractivity contribution is -0.146. The van der Waals surface area contributed by atoms with Crippen molar-refractivity contribution in [2.75, 3.05) is 18.9 Å². The highest BCUT2D eigenvalue weighted by Gasteiger charge is 2.36. The molecule has 120 valence electrons. The number of nitrogens with zero attached hydrogens (tertiary/aromatic N) is 3. The second-order valence-electron chi connectivity index (χ2n) is 6.49. The van der Waals surface area contributed by atoms with Gasteiger partial charge in [-0.15, -0.1) is 0 Å². The molecule has 1 aromatic rings. The van der Waals surface area contributed by atoms with Gasteiger partial charge in [-0.2, -0.15) is 0 Å². The normalized spacial score (nSPS) is 28.5. The second kappa shape index (κ2) is 6.24. The third-order valence-electron chi connectivity index (χ3n) is 4.95. The molecule has 4 rings (SSSR count). The predicted octanol–water partition coefficient (Wildman–Crippen LogP) is 2.48. The van der Waals surface area contributed by atoms with Gasteiger partial charge in [0.2, 0.25) is 5.91 Å². The van der Waals surface area contributed by atoms with Gasteiger partial charge in [0.1, 0.15) is 0 Å². The first kappa shape index (κ1) is 14.6. The number of imidazole rings is 1. The Hall–Kier alpha value is -1.01. The van der Waals surface area contributed by atoms with E-state index in [-0.39, 0.29) is 12.0 Å². The van der Waals surface area contributed by atoms with Gasteiger partial charge in [-0.25, -0.2) is 4.98 Å².